The summed E-state index contributed by atoms with van der Waals surface area (Å²) in [4.78, 5) is 4.65. The molecule has 4 nitrogen and oxygen atoms in total. The van der Waals surface area contributed by atoms with Gasteiger partial charge in [0.25, 0.3) is 0 Å². The minimum absolute atomic E-state index is 0.803. The van der Waals surface area contributed by atoms with E-state index < -0.39 is 0 Å². The van der Waals surface area contributed by atoms with Crippen LogP contribution in [0, 0.1) is 0 Å². The highest BCUT2D eigenvalue weighted by Crippen LogP contribution is 2.52. The van der Waals surface area contributed by atoms with Crippen molar-refractivity contribution in [2.45, 2.75) is 0 Å². The van der Waals surface area contributed by atoms with Crippen LogP contribution in [-0.2, 0) is 0 Å². The summed E-state index contributed by atoms with van der Waals surface area (Å²) in [5, 5.41) is 4.78. The molecule has 0 amide bonds. The number of nitrogens with zero attached hydrogens (tertiary/aromatic N) is 3. The zero-order valence-electron chi connectivity index (χ0n) is 27.1. The normalized spacial score (nSPS) is 12.1. The van der Waals surface area contributed by atoms with Gasteiger partial charge in [0.2, 0.25) is 0 Å². The van der Waals surface area contributed by atoms with Crippen molar-refractivity contribution in [3.05, 3.63) is 188 Å². The van der Waals surface area contributed by atoms with Gasteiger partial charge in [0.05, 0.1) is 33.8 Å². The maximum absolute atomic E-state index is 6.69. The number of hydrogen-bond acceptors (Lipinski definition) is 3. The van der Waals surface area contributed by atoms with Gasteiger partial charge >= 0.3 is 0 Å². The lowest BCUT2D eigenvalue weighted by molar-refractivity contribution is 0.477. The summed E-state index contributed by atoms with van der Waals surface area (Å²) in [6.07, 6.45) is 0. The largest absolute Gasteiger partial charge is 0.453 e. The molecule has 236 valence electrons. The highest BCUT2D eigenvalue weighted by atomic mass is 16.5. The smallest absolute Gasteiger partial charge is 0.153 e. The third kappa shape index (κ3) is 4.46. The Morgan fingerprint density at radius 1 is 0.400 bits per heavy atom. The second-order valence-electron chi connectivity index (χ2n) is 12.6. The molecule has 0 aliphatic carbocycles. The van der Waals surface area contributed by atoms with Crippen molar-refractivity contribution in [1.82, 2.24) is 4.57 Å². The van der Waals surface area contributed by atoms with Crippen molar-refractivity contribution in [3.63, 3.8) is 0 Å². The Kier molecular flexibility index (Phi) is 6.46. The van der Waals surface area contributed by atoms with Gasteiger partial charge in [0.15, 0.2) is 11.5 Å². The SMILES string of the molecule is c1ccc(N2c3ccccc3Oc3cc(N(c4ccc5c(c4)c4ccccc4n5-c4ccccc4)c4cccc5ccccc45)ccc32)cc1. The van der Waals surface area contributed by atoms with Crippen LogP contribution in [0.1, 0.15) is 0 Å². The van der Waals surface area contributed by atoms with E-state index in [9.17, 15) is 0 Å². The molecule has 50 heavy (non-hydrogen) atoms. The molecule has 8 aromatic carbocycles. The Balaban J connectivity index is 1.20. The van der Waals surface area contributed by atoms with Crippen LogP contribution in [-0.4, -0.2) is 4.57 Å². The van der Waals surface area contributed by atoms with E-state index in [1.54, 1.807) is 0 Å². The van der Waals surface area contributed by atoms with Crippen molar-refractivity contribution in [3.8, 4) is 17.2 Å². The number of anilines is 6. The Hall–Kier alpha value is -6.78. The molecule has 0 saturated carbocycles. The number of hydrogen-bond donors (Lipinski definition) is 0. The molecule has 0 fully saturated rings. The van der Waals surface area contributed by atoms with Crippen molar-refractivity contribution >= 4 is 66.7 Å². The number of aromatic nitrogens is 1. The highest BCUT2D eigenvalue weighted by molar-refractivity contribution is 6.11. The molecule has 0 radical (unpaired) electrons. The van der Waals surface area contributed by atoms with Gasteiger partial charge in [-0.3, -0.25) is 0 Å². The first-order valence-corrected chi connectivity index (χ1v) is 16.9. The Labute approximate surface area is 290 Å². The van der Waals surface area contributed by atoms with Crippen LogP contribution in [0.15, 0.2) is 188 Å². The van der Waals surface area contributed by atoms with E-state index in [0.29, 0.717) is 0 Å². The fraction of sp³-hybridized carbons (Fsp3) is 0. The lowest BCUT2D eigenvalue weighted by Gasteiger charge is -2.34. The molecule has 9 aromatic rings. The van der Waals surface area contributed by atoms with Crippen molar-refractivity contribution in [2.75, 3.05) is 9.80 Å². The third-order valence-corrected chi connectivity index (χ3v) is 9.72. The molecule has 0 spiro atoms. The van der Waals surface area contributed by atoms with Gasteiger partial charge in [-0.25, -0.2) is 0 Å². The van der Waals surface area contributed by atoms with Gasteiger partial charge < -0.3 is 19.1 Å². The number of para-hydroxylation sites is 5. The maximum atomic E-state index is 6.69. The second kappa shape index (κ2) is 11.4. The third-order valence-electron chi connectivity index (χ3n) is 9.72. The van der Waals surface area contributed by atoms with E-state index in [2.05, 4.69) is 190 Å². The fourth-order valence-corrected chi connectivity index (χ4v) is 7.53. The van der Waals surface area contributed by atoms with Crippen LogP contribution in [0.3, 0.4) is 0 Å². The topological polar surface area (TPSA) is 20.6 Å². The standard InChI is InChI=1S/C46H31N3O/c1-3-16-33(17-4-1)48-41-22-10-9-21-38(41)39-30-35(26-28-42(39)48)47(40-24-13-15-32-14-7-8-20-37(32)40)36-27-29-44-46(31-36)50-45-25-12-11-23-43(45)49(44)34-18-5-2-6-19-34/h1-31H. The van der Waals surface area contributed by atoms with Gasteiger partial charge in [-0.05, 0) is 84.2 Å². The molecule has 10 rings (SSSR count). The predicted octanol–water partition coefficient (Wildman–Crippen LogP) is 13.0. The van der Waals surface area contributed by atoms with Gasteiger partial charge in [-0.15, -0.1) is 0 Å². The van der Waals surface area contributed by atoms with Crippen molar-refractivity contribution in [1.29, 1.82) is 0 Å². The van der Waals surface area contributed by atoms with Crippen LogP contribution in [0.2, 0.25) is 0 Å². The summed E-state index contributed by atoms with van der Waals surface area (Å²) in [6.45, 7) is 0. The molecule has 1 aliphatic heterocycles. The number of fused-ring (bicyclic) bond motifs is 6. The summed E-state index contributed by atoms with van der Waals surface area (Å²) < 4.78 is 9.05. The Morgan fingerprint density at radius 2 is 1.02 bits per heavy atom. The van der Waals surface area contributed by atoms with Crippen LogP contribution >= 0.6 is 0 Å². The molecule has 0 bridgehead atoms. The highest BCUT2D eigenvalue weighted by Gasteiger charge is 2.27. The van der Waals surface area contributed by atoms with E-state index in [1.165, 1.54) is 32.6 Å². The van der Waals surface area contributed by atoms with Crippen LogP contribution < -0.4 is 14.5 Å². The summed E-state index contributed by atoms with van der Waals surface area (Å²) in [7, 11) is 0. The first-order chi connectivity index (χ1) is 24.8. The summed E-state index contributed by atoms with van der Waals surface area (Å²) in [5.41, 5.74) is 9.79. The van der Waals surface area contributed by atoms with Crippen LogP contribution in [0.25, 0.3) is 38.3 Å². The van der Waals surface area contributed by atoms with E-state index >= 15 is 0 Å². The molecule has 0 atom stereocenters. The average molecular weight is 642 g/mol. The molecular weight excluding hydrogens is 611 g/mol. The zero-order chi connectivity index (χ0) is 33.0. The van der Waals surface area contributed by atoms with E-state index in [1.807, 2.05) is 12.1 Å². The van der Waals surface area contributed by atoms with Gasteiger partial charge in [0.1, 0.15) is 0 Å². The number of benzene rings is 8. The minimum atomic E-state index is 0.803. The van der Waals surface area contributed by atoms with E-state index in [-0.39, 0.29) is 0 Å². The van der Waals surface area contributed by atoms with E-state index in [4.69, 9.17) is 4.74 Å². The van der Waals surface area contributed by atoms with Crippen LogP contribution in [0.4, 0.5) is 34.1 Å². The quantitative estimate of drug-likeness (QED) is 0.187. The minimum Gasteiger partial charge on any atom is -0.453 e. The molecule has 1 aromatic heterocycles. The van der Waals surface area contributed by atoms with Crippen LogP contribution in [0.5, 0.6) is 11.5 Å². The lowest BCUT2D eigenvalue weighted by atomic mass is 10.0. The first kappa shape index (κ1) is 28.3. The second-order valence-corrected chi connectivity index (χ2v) is 12.6. The molecule has 2 heterocycles. The van der Waals surface area contributed by atoms with Crippen molar-refractivity contribution < 1.29 is 4.74 Å². The van der Waals surface area contributed by atoms with Gasteiger partial charge in [0, 0.05) is 39.3 Å². The molecule has 0 unspecified atom stereocenters. The fourth-order valence-electron chi connectivity index (χ4n) is 7.53. The Morgan fingerprint density at radius 3 is 1.88 bits per heavy atom. The lowest BCUT2D eigenvalue weighted by Crippen LogP contribution is -2.17. The monoisotopic (exact) mass is 641 g/mol. The predicted molar refractivity (Wildman–Crippen MR) is 208 cm³/mol. The molecular formula is C46H31N3O. The van der Waals surface area contributed by atoms with E-state index in [0.717, 1.165) is 51.3 Å². The number of rotatable bonds is 5. The maximum Gasteiger partial charge on any atom is 0.153 e. The number of ether oxygens (including phenoxy) is 1. The van der Waals surface area contributed by atoms with Gasteiger partial charge in [-0.2, -0.15) is 0 Å². The Bertz CT molecular complexity index is 2690. The molecule has 4 heteroatoms. The van der Waals surface area contributed by atoms with Crippen molar-refractivity contribution in [2.24, 2.45) is 0 Å². The molecule has 0 N–H and O–H groups in total. The first-order valence-electron chi connectivity index (χ1n) is 16.9. The summed E-state index contributed by atoms with van der Waals surface area (Å²) in [5.74, 6) is 1.63. The molecule has 0 saturated heterocycles. The molecule has 1 aliphatic rings. The average Bonchev–Trinajstić information content (AvgIpc) is 3.51. The zero-order valence-corrected chi connectivity index (χ0v) is 27.1. The summed E-state index contributed by atoms with van der Waals surface area (Å²) in [6, 6.07) is 66.6. The van der Waals surface area contributed by atoms with Gasteiger partial charge in [-0.1, -0.05) is 103 Å². The summed E-state index contributed by atoms with van der Waals surface area (Å²) >= 11 is 0.